The Morgan fingerprint density at radius 3 is 2.25 bits per heavy atom. The van der Waals surface area contributed by atoms with E-state index in [0.29, 0.717) is 53.4 Å². The van der Waals surface area contributed by atoms with Crippen LogP contribution in [0.5, 0.6) is 0 Å². The summed E-state index contributed by atoms with van der Waals surface area (Å²) in [6, 6.07) is 7.51. The van der Waals surface area contributed by atoms with Crippen LogP contribution in [0, 0.1) is 0 Å². The van der Waals surface area contributed by atoms with E-state index in [0.717, 1.165) is 17.3 Å². The molecular weight excluding hydrogens is 589 g/mol. The number of pyridine rings is 1. The summed E-state index contributed by atoms with van der Waals surface area (Å²) in [6.07, 6.45) is -7.30. The van der Waals surface area contributed by atoms with Crippen molar-refractivity contribution in [1.29, 1.82) is 0 Å². The number of aromatic nitrogens is 3. The summed E-state index contributed by atoms with van der Waals surface area (Å²) >= 11 is 12.2. The summed E-state index contributed by atoms with van der Waals surface area (Å²) in [4.78, 5) is 25.7. The minimum absolute atomic E-state index is 0.0717. The molecule has 8 nitrogen and oxygen atoms in total. The number of benzene rings is 1. The minimum Gasteiger partial charge on any atom is -0.475 e. The first-order chi connectivity index (χ1) is 18.6. The third-order valence-electron chi connectivity index (χ3n) is 5.55. The van der Waals surface area contributed by atoms with E-state index in [9.17, 15) is 26.3 Å². The minimum atomic E-state index is -5.08. The van der Waals surface area contributed by atoms with Crippen LogP contribution in [-0.4, -0.2) is 59.4 Å². The fourth-order valence-corrected chi connectivity index (χ4v) is 3.98. The molecular formula is C24H22Cl2F6N6O2. The molecule has 1 aliphatic heterocycles. The van der Waals surface area contributed by atoms with Crippen molar-refractivity contribution in [3.63, 3.8) is 0 Å². The lowest BCUT2D eigenvalue weighted by Crippen LogP contribution is -2.29. The number of halogens is 8. The Bertz CT molecular complexity index is 1370. The Kier molecular flexibility index (Phi) is 9.56. The van der Waals surface area contributed by atoms with Gasteiger partial charge >= 0.3 is 18.3 Å². The third kappa shape index (κ3) is 7.78. The van der Waals surface area contributed by atoms with Crippen LogP contribution in [0.3, 0.4) is 0 Å². The van der Waals surface area contributed by atoms with Gasteiger partial charge in [0.25, 0.3) is 0 Å². The average Bonchev–Trinajstić information content (AvgIpc) is 3.08. The van der Waals surface area contributed by atoms with Crippen molar-refractivity contribution >= 4 is 52.4 Å². The van der Waals surface area contributed by atoms with E-state index in [1.165, 1.54) is 12.3 Å². The first-order valence-corrected chi connectivity index (χ1v) is 12.2. The highest BCUT2D eigenvalue weighted by atomic mass is 35.5. The monoisotopic (exact) mass is 610 g/mol. The molecule has 4 rings (SSSR count). The number of carboxylic acids is 1. The van der Waals surface area contributed by atoms with E-state index >= 15 is 0 Å². The molecule has 0 atom stereocenters. The Morgan fingerprint density at radius 1 is 1.02 bits per heavy atom. The van der Waals surface area contributed by atoms with E-state index in [-0.39, 0.29) is 5.82 Å². The SMILES string of the molecule is CN(C)c1nc2c(c(Nc3ccc(Cl)c(Cl)c3)n1)CCN(c1ncccc1C(F)(F)F)CC2.O=C(O)C(F)(F)F. The van der Waals surface area contributed by atoms with E-state index < -0.39 is 23.9 Å². The van der Waals surface area contributed by atoms with Gasteiger partial charge in [-0.25, -0.2) is 14.8 Å². The summed E-state index contributed by atoms with van der Waals surface area (Å²) in [5.74, 6) is -1.75. The summed E-state index contributed by atoms with van der Waals surface area (Å²) < 4.78 is 72.4. The van der Waals surface area contributed by atoms with Crippen LogP contribution in [0.2, 0.25) is 10.0 Å². The second-order valence-electron chi connectivity index (χ2n) is 8.61. The molecule has 16 heteroatoms. The Morgan fingerprint density at radius 2 is 1.68 bits per heavy atom. The molecule has 1 aromatic carbocycles. The molecule has 216 valence electrons. The van der Waals surface area contributed by atoms with Crippen molar-refractivity contribution in [3.05, 3.63) is 63.4 Å². The van der Waals surface area contributed by atoms with Gasteiger partial charge in [-0.15, -0.1) is 0 Å². The van der Waals surface area contributed by atoms with E-state index in [2.05, 4.69) is 20.3 Å². The molecule has 0 saturated heterocycles. The van der Waals surface area contributed by atoms with Gasteiger partial charge in [0.05, 0.1) is 21.3 Å². The Balaban J connectivity index is 0.000000559. The Hall–Kier alpha value is -3.52. The zero-order chi connectivity index (χ0) is 29.8. The maximum absolute atomic E-state index is 13.6. The van der Waals surface area contributed by atoms with Crippen LogP contribution in [0.4, 0.5) is 49.6 Å². The molecule has 40 heavy (non-hydrogen) atoms. The number of rotatable bonds is 4. The zero-order valence-corrected chi connectivity index (χ0v) is 22.4. The summed E-state index contributed by atoms with van der Waals surface area (Å²) in [5, 5.41) is 11.2. The van der Waals surface area contributed by atoms with Gasteiger partial charge in [-0.3, -0.25) is 0 Å². The lowest BCUT2D eigenvalue weighted by atomic mass is 10.1. The van der Waals surface area contributed by atoms with E-state index in [4.69, 9.17) is 33.1 Å². The summed E-state index contributed by atoms with van der Waals surface area (Å²) in [5.41, 5.74) is 1.58. The van der Waals surface area contributed by atoms with Crippen LogP contribution >= 0.6 is 23.2 Å². The lowest BCUT2D eigenvalue weighted by Gasteiger charge is -2.24. The molecule has 0 aliphatic carbocycles. The standard InChI is InChI=1S/C22H21Cl2F3N6.C2HF3O2/c1-32(2)21-30-18-8-11-33(20-15(22(25,26)27)4-3-9-28-20)10-7-14(18)19(31-21)29-13-5-6-16(23)17(24)12-13;3-2(4,5)1(6)7/h3-6,9,12H,7-8,10-11H2,1-2H3,(H,29,30,31);(H,6,7). The van der Waals surface area contributed by atoms with Gasteiger partial charge in [-0.05, 0) is 36.8 Å². The fraction of sp³-hybridized carbons (Fsp3) is 0.333. The van der Waals surface area contributed by atoms with Crippen LogP contribution in [-0.2, 0) is 23.8 Å². The van der Waals surface area contributed by atoms with Gasteiger partial charge in [0.1, 0.15) is 11.6 Å². The normalized spacial score (nSPS) is 13.5. The number of alkyl halides is 6. The first kappa shape index (κ1) is 31.0. The van der Waals surface area contributed by atoms with E-state index in [1.54, 1.807) is 28.0 Å². The summed E-state index contributed by atoms with van der Waals surface area (Å²) in [7, 11) is 3.66. The fourth-order valence-electron chi connectivity index (χ4n) is 3.68. The molecule has 0 spiro atoms. The number of nitrogens with one attached hydrogen (secondary N) is 1. The third-order valence-corrected chi connectivity index (χ3v) is 6.29. The highest BCUT2D eigenvalue weighted by Gasteiger charge is 2.38. The predicted molar refractivity (Wildman–Crippen MR) is 139 cm³/mol. The largest absolute Gasteiger partial charge is 0.490 e. The molecule has 1 aliphatic rings. The van der Waals surface area contributed by atoms with Crippen LogP contribution < -0.4 is 15.1 Å². The van der Waals surface area contributed by atoms with Crippen molar-refractivity contribution in [2.24, 2.45) is 0 Å². The van der Waals surface area contributed by atoms with Gasteiger partial charge in [0, 0.05) is 51.1 Å². The highest BCUT2D eigenvalue weighted by molar-refractivity contribution is 6.42. The van der Waals surface area contributed by atoms with Gasteiger partial charge in [0.2, 0.25) is 5.95 Å². The number of anilines is 4. The van der Waals surface area contributed by atoms with Crippen molar-refractivity contribution in [2.75, 3.05) is 42.3 Å². The van der Waals surface area contributed by atoms with Crippen molar-refractivity contribution < 1.29 is 36.2 Å². The zero-order valence-electron chi connectivity index (χ0n) is 20.9. The molecule has 3 heterocycles. The smallest absolute Gasteiger partial charge is 0.475 e. The molecule has 2 N–H and O–H groups in total. The molecule has 0 unspecified atom stereocenters. The molecule has 0 amide bonds. The second kappa shape index (κ2) is 12.3. The van der Waals surface area contributed by atoms with Crippen molar-refractivity contribution in [1.82, 2.24) is 15.0 Å². The molecule has 0 saturated carbocycles. The highest BCUT2D eigenvalue weighted by Crippen LogP contribution is 2.36. The second-order valence-corrected chi connectivity index (χ2v) is 9.42. The predicted octanol–water partition coefficient (Wildman–Crippen LogP) is 6.25. The molecule has 0 bridgehead atoms. The van der Waals surface area contributed by atoms with Gasteiger partial charge in [0.15, 0.2) is 0 Å². The van der Waals surface area contributed by atoms with Crippen LogP contribution in [0.1, 0.15) is 16.8 Å². The number of hydrogen-bond donors (Lipinski definition) is 2. The number of nitrogens with zero attached hydrogens (tertiary/aromatic N) is 5. The number of fused-ring (bicyclic) bond motifs is 1. The lowest BCUT2D eigenvalue weighted by molar-refractivity contribution is -0.192. The average molecular weight is 611 g/mol. The molecule has 0 radical (unpaired) electrons. The summed E-state index contributed by atoms with van der Waals surface area (Å²) in [6.45, 7) is 0.691. The molecule has 2 aromatic heterocycles. The van der Waals surface area contributed by atoms with Crippen molar-refractivity contribution in [3.8, 4) is 0 Å². The number of carboxylic acid groups (broad SMARTS) is 1. The quantitative estimate of drug-likeness (QED) is 0.335. The maximum Gasteiger partial charge on any atom is 0.490 e. The number of hydrogen-bond acceptors (Lipinski definition) is 7. The molecule has 3 aromatic rings. The van der Waals surface area contributed by atoms with Crippen LogP contribution in [0.15, 0.2) is 36.5 Å². The van der Waals surface area contributed by atoms with Gasteiger partial charge in [-0.1, -0.05) is 23.2 Å². The molecule has 0 fully saturated rings. The first-order valence-electron chi connectivity index (χ1n) is 11.4. The van der Waals surface area contributed by atoms with Crippen LogP contribution in [0.25, 0.3) is 0 Å². The number of aliphatic carboxylic acids is 1. The maximum atomic E-state index is 13.6. The topological polar surface area (TPSA) is 94.5 Å². The van der Waals surface area contributed by atoms with Gasteiger partial charge < -0.3 is 20.2 Å². The van der Waals surface area contributed by atoms with Gasteiger partial charge in [-0.2, -0.15) is 31.3 Å². The van der Waals surface area contributed by atoms with Crippen molar-refractivity contribution in [2.45, 2.75) is 25.2 Å². The number of carbonyl (C=O) groups is 1. The Labute approximate surface area is 234 Å². The van der Waals surface area contributed by atoms with E-state index in [1.807, 2.05) is 14.1 Å².